The van der Waals surface area contributed by atoms with E-state index < -0.39 is 11.7 Å². The first kappa shape index (κ1) is 20.1. The number of piperazine rings is 1. The third-order valence-electron chi connectivity index (χ3n) is 5.26. The molecular weight excluding hydrogens is 395 g/mol. The van der Waals surface area contributed by atoms with E-state index in [1.165, 1.54) is 12.1 Å². The summed E-state index contributed by atoms with van der Waals surface area (Å²) in [5.74, 6) is 1.75. The third kappa shape index (κ3) is 4.19. The van der Waals surface area contributed by atoms with Gasteiger partial charge in [-0.1, -0.05) is 12.1 Å². The SMILES string of the molecule is Cc1cc(-n2cccc2N2CCN(C(=O)Cc3ccc(C(F)(F)F)cc3)CC2)n[nH]1. The van der Waals surface area contributed by atoms with Gasteiger partial charge in [0, 0.05) is 44.1 Å². The Labute approximate surface area is 171 Å². The molecule has 0 atom stereocenters. The Hall–Kier alpha value is -3.23. The molecule has 0 radical (unpaired) electrons. The fraction of sp³-hybridized carbons (Fsp3) is 0.333. The first-order chi connectivity index (χ1) is 14.3. The topological polar surface area (TPSA) is 57.2 Å². The van der Waals surface area contributed by atoms with E-state index in [1.54, 1.807) is 4.90 Å². The first-order valence-electron chi connectivity index (χ1n) is 9.70. The number of hydrogen-bond acceptors (Lipinski definition) is 3. The lowest BCUT2D eigenvalue weighted by Crippen LogP contribution is -2.49. The highest BCUT2D eigenvalue weighted by Gasteiger charge is 2.30. The van der Waals surface area contributed by atoms with Crippen LogP contribution in [0.5, 0.6) is 0 Å². The molecule has 0 bridgehead atoms. The minimum absolute atomic E-state index is 0.0762. The monoisotopic (exact) mass is 417 g/mol. The van der Waals surface area contributed by atoms with Crippen LogP contribution >= 0.6 is 0 Å². The molecule has 1 saturated heterocycles. The predicted octanol–water partition coefficient (Wildman–Crippen LogP) is 3.42. The minimum atomic E-state index is -4.37. The van der Waals surface area contributed by atoms with Crippen molar-refractivity contribution in [2.24, 2.45) is 0 Å². The molecule has 3 heterocycles. The van der Waals surface area contributed by atoms with Gasteiger partial charge >= 0.3 is 6.18 Å². The highest BCUT2D eigenvalue weighted by atomic mass is 19.4. The summed E-state index contributed by atoms with van der Waals surface area (Å²) in [7, 11) is 0. The summed E-state index contributed by atoms with van der Waals surface area (Å²) in [4.78, 5) is 16.6. The van der Waals surface area contributed by atoms with Crippen molar-refractivity contribution in [3.05, 3.63) is 65.5 Å². The number of halogens is 3. The van der Waals surface area contributed by atoms with E-state index in [0.717, 1.165) is 29.5 Å². The first-order valence-corrected chi connectivity index (χ1v) is 9.70. The number of hydrogen-bond donors (Lipinski definition) is 1. The molecule has 0 spiro atoms. The summed E-state index contributed by atoms with van der Waals surface area (Å²) < 4.78 is 40.0. The van der Waals surface area contributed by atoms with Crippen LogP contribution in [0.4, 0.5) is 19.0 Å². The number of aryl methyl sites for hydroxylation is 1. The number of aromatic amines is 1. The summed E-state index contributed by atoms with van der Waals surface area (Å²) in [6.45, 7) is 4.41. The Morgan fingerprint density at radius 3 is 2.40 bits per heavy atom. The van der Waals surface area contributed by atoms with Crippen LogP contribution < -0.4 is 4.90 Å². The molecule has 1 aliphatic heterocycles. The highest BCUT2D eigenvalue weighted by Crippen LogP contribution is 2.29. The smallest absolute Gasteiger partial charge is 0.354 e. The highest BCUT2D eigenvalue weighted by molar-refractivity contribution is 5.79. The fourth-order valence-electron chi connectivity index (χ4n) is 3.63. The Bertz CT molecular complexity index is 1010. The van der Waals surface area contributed by atoms with Gasteiger partial charge in [0.2, 0.25) is 5.91 Å². The van der Waals surface area contributed by atoms with E-state index in [0.29, 0.717) is 31.7 Å². The standard InChI is InChI=1S/C21H22F3N5O/c1-15-13-18(26-25-15)29-8-2-3-19(29)27-9-11-28(12-10-27)20(30)14-16-4-6-17(7-5-16)21(22,23)24/h2-8,13H,9-12,14H2,1H3,(H,25,26). The molecule has 1 N–H and O–H groups in total. The average molecular weight is 417 g/mol. The van der Waals surface area contributed by atoms with Crippen molar-refractivity contribution in [2.75, 3.05) is 31.1 Å². The van der Waals surface area contributed by atoms with Crippen molar-refractivity contribution >= 4 is 11.7 Å². The van der Waals surface area contributed by atoms with Gasteiger partial charge in [-0.15, -0.1) is 0 Å². The second-order valence-electron chi connectivity index (χ2n) is 7.38. The van der Waals surface area contributed by atoms with E-state index >= 15 is 0 Å². The van der Waals surface area contributed by atoms with Gasteiger partial charge in [0.1, 0.15) is 5.82 Å². The van der Waals surface area contributed by atoms with Gasteiger partial charge in [0.05, 0.1) is 12.0 Å². The lowest BCUT2D eigenvalue weighted by Gasteiger charge is -2.36. The Morgan fingerprint density at radius 1 is 1.10 bits per heavy atom. The lowest BCUT2D eigenvalue weighted by molar-refractivity contribution is -0.137. The molecule has 6 nitrogen and oxygen atoms in total. The van der Waals surface area contributed by atoms with E-state index in [9.17, 15) is 18.0 Å². The fourth-order valence-corrected chi connectivity index (χ4v) is 3.63. The van der Waals surface area contributed by atoms with E-state index in [2.05, 4.69) is 15.1 Å². The molecule has 0 saturated carbocycles. The van der Waals surface area contributed by atoms with Crippen LogP contribution in [0.2, 0.25) is 0 Å². The van der Waals surface area contributed by atoms with Gasteiger partial charge in [-0.25, -0.2) is 0 Å². The van der Waals surface area contributed by atoms with Crippen LogP contribution in [0, 0.1) is 6.92 Å². The zero-order chi connectivity index (χ0) is 21.3. The normalized spacial score (nSPS) is 14.9. The molecule has 2 aromatic heterocycles. The van der Waals surface area contributed by atoms with Crippen LogP contribution in [0.3, 0.4) is 0 Å². The van der Waals surface area contributed by atoms with Gasteiger partial charge in [0.25, 0.3) is 0 Å². The van der Waals surface area contributed by atoms with Crippen molar-refractivity contribution in [2.45, 2.75) is 19.5 Å². The van der Waals surface area contributed by atoms with Crippen molar-refractivity contribution in [1.29, 1.82) is 0 Å². The predicted molar refractivity (Wildman–Crippen MR) is 107 cm³/mol. The zero-order valence-corrected chi connectivity index (χ0v) is 16.5. The number of amides is 1. The van der Waals surface area contributed by atoms with Crippen LogP contribution in [-0.4, -0.2) is 51.8 Å². The van der Waals surface area contributed by atoms with Crippen molar-refractivity contribution in [1.82, 2.24) is 19.7 Å². The van der Waals surface area contributed by atoms with Crippen molar-refractivity contribution < 1.29 is 18.0 Å². The maximum atomic E-state index is 12.7. The molecule has 1 fully saturated rings. The lowest BCUT2D eigenvalue weighted by atomic mass is 10.1. The number of aromatic nitrogens is 3. The molecule has 4 rings (SSSR count). The Kier molecular flexibility index (Phi) is 5.27. The van der Waals surface area contributed by atoms with E-state index in [-0.39, 0.29) is 12.3 Å². The number of nitrogens with one attached hydrogen (secondary N) is 1. The van der Waals surface area contributed by atoms with E-state index in [1.807, 2.05) is 35.9 Å². The van der Waals surface area contributed by atoms with Crippen molar-refractivity contribution in [3.63, 3.8) is 0 Å². The van der Waals surface area contributed by atoms with Gasteiger partial charge in [-0.2, -0.15) is 18.3 Å². The number of carbonyl (C=O) groups is 1. The maximum absolute atomic E-state index is 12.7. The third-order valence-corrected chi connectivity index (χ3v) is 5.26. The number of alkyl halides is 3. The average Bonchev–Trinajstić information content (AvgIpc) is 3.36. The summed E-state index contributed by atoms with van der Waals surface area (Å²) >= 11 is 0. The molecule has 3 aromatic rings. The quantitative estimate of drug-likeness (QED) is 0.708. The summed E-state index contributed by atoms with van der Waals surface area (Å²) in [5, 5.41) is 7.24. The van der Waals surface area contributed by atoms with Crippen LogP contribution in [0.25, 0.3) is 5.82 Å². The van der Waals surface area contributed by atoms with Crippen LogP contribution in [0.1, 0.15) is 16.8 Å². The molecule has 30 heavy (non-hydrogen) atoms. The molecular formula is C21H22F3N5O. The minimum Gasteiger partial charge on any atom is -0.354 e. The number of benzene rings is 1. The molecule has 0 unspecified atom stereocenters. The number of anilines is 1. The van der Waals surface area contributed by atoms with Gasteiger partial charge in [-0.3, -0.25) is 14.5 Å². The number of rotatable bonds is 4. The summed E-state index contributed by atoms with van der Waals surface area (Å²) in [6.07, 6.45) is -2.32. The number of H-pyrrole nitrogens is 1. The number of carbonyl (C=O) groups excluding carboxylic acids is 1. The second kappa shape index (κ2) is 7.89. The summed E-state index contributed by atoms with van der Waals surface area (Å²) in [6, 6.07) is 10.7. The molecule has 1 aliphatic rings. The zero-order valence-electron chi connectivity index (χ0n) is 16.5. The Balaban J connectivity index is 1.36. The summed E-state index contributed by atoms with van der Waals surface area (Å²) in [5.41, 5.74) is 0.851. The largest absolute Gasteiger partial charge is 0.416 e. The van der Waals surface area contributed by atoms with Gasteiger partial charge in [-0.05, 0) is 36.8 Å². The molecule has 1 aromatic carbocycles. The maximum Gasteiger partial charge on any atom is 0.416 e. The van der Waals surface area contributed by atoms with E-state index in [4.69, 9.17) is 0 Å². The number of nitrogens with zero attached hydrogens (tertiary/aromatic N) is 4. The Morgan fingerprint density at radius 2 is 1.80 bits per heavy atom. The van der Waals surface area contributed by atoms with Crippen molar-refractivity contribution in [3.8, 4) is 5.82 Å². The van der Waals surface area contributed by atoms with Crippen LogP contribution in [0.15, 0.2) is 48.7 Å². The second-order valence-corrected chi connectivity index (χ2v) is 7.38. The molecule has 158 valence electrons. The van der Waals surface area contributed by atoms with Crippen LogP contribution in [-0.2, 0) is 17.4 Å². The molecule has 9 heteroatoms. The molecule has 0 aliphatic carbocycles. The van der Waals surface area contributed by atoms with Gasteiger partial charge in [0.15, 0.2) is 5.82 Å². The van der Waals surface area contributed by atoms with Gasteiger partial charge < -0.3 is 9.80 Å². The molecule has 1 amide bonds.